The molecule has 3 rings (SSSR count). The largest absolute Gasteiger partial charge is 0.288 e. The maximum absolute atomic E-state index is 12.7. The van der Waals surface area contributed by atoms with Crippen molar-refractivity contribution in [1.29, 1.82) is 0 Å². The summed E-state index contributed by atoms with van der Waals surface area (Å²) in [4.78, 5) is 26.3. The van der Waals surface area contributed by atoms with E-state index in [0.717, 1.165) is 16.2 Å². The number of rotatable bonds is 3. The predicted octanol–water partition coefficient (Wildman–Crippen LogP) is 2.83. The first-order valence-electron chi connectivity index (χ1n) is 7.47. The van der Waals surface area contributed by atoms with E-state index in [9.17, 15) is 14.8 Å². The smallest absolute Gasteiger partial charge is 0.259 e. The standard InChI is InChI=1S/C18H18N2O3/c1-12-7-6-8-13(2)17(12)19-16(21)11-15(18(19)22)20(23)14-9-4-3-5-10-14/h3-10,15,23H,11H2,1-2H3/t15-/m1/s1. The second-order valence-corrected chi connectivity index (χ2v) is 5.71. The number of hydrogen-bond donors (Lipinski definition) is 1. The molecule has 1 heterocycles. The first kappa shape index (κ1) is 15.2. The Kier molecular flexibility index (Phi) is 3.88. The molecule has 0 aromatic heterocycles. The summed E-state index contributed by atoms with van der Waals surface area (Å²) in [7, 11) is 0. The molecule has 0 aliphatic carbocycles. The van der Waals surface area contributed by atoms with Gasteiger partial charge in [-0.05, 0) is 37.1 Å². The van der Waals surface area contributed by atoms with Crippen LogP contribution in [0.5, 0.6) is 0 Å². The van der Waals surface area contributed by atoms with E-state index < -0.39 is 11.9 Å². The third-order valence-electron chi connectivity index (χ3n) is 4.10. The molecule has 23 heavy (non-hydrogen) atoms. The van der Waals surface area contributed by atoms with Gasteiger partial charge in [0.05, 0.1) is 17.8 Å². The van der Waals surface area contributed by atoms with E-state index in [1.807, 2.05) is 38.1 Å². The number of nitrogens with zero attached hydrogens (tertiary/aromatic N) is 2. The summed E-state index contributed by atoms with van der Waals surface area (Å²) in [5.74, 6) is -0.703. The lowest BCUT2D eigenvalue weighted by molar-refractivity contribution is -0.121. The highest BCUT2D eigenvalue weighted by Gasteiger charge is 2.43. The molecular weight excluding hydrogens is 292 g/mol. The predicted molar refractivity (Wildman–Crippen MR) is 87.5 cm³/mol. The van der Waals surface area contributed by atoms with Crippen molar-refractivity contribution < 1.29 is 14.8 Å². The molecule has 2 aromatic rings. The van der Waals surface area contributed by atoms with Crippen molar-refractivity contribution in [3.05, 3.63) is 59.7 Å². The van der Waals surface area contributed by atoms with Gasteiger partial charge in [-0.3, -0.25) is 14.8 Å². The summed E-state index contributed by atoms with van der Waals surface area (Å²) in [5.41, 5.74) is 2.82. The molecule has 5 nitrogen and oxygen atoms in total. The van der Waals surface area contributed by atoms with E-state index >= 15 is 0 Å². The van der Waals surface area contributed by atoms with Crippen LogP contribution in [-0.4, -0.2) is 23.1 Å². The lowest BCUT2D eigenvalue weighted by atomic mass is 10.1. The van der Waals surface area contributed by atoms with Crippen molar-refractivity contribution >= 4 is 23.2 Å². The molecule has 0 unspecified atom stereocenters. The van der Waals surface area contributed by atoms with E-state index in [2.05, 4.69) is 0 Å². The Morgan fingerprint density at radius 1 is 1.00 bits per heavy atom. The van der Waals surface area contributed by atoms with Crippen molar-refractivity contribution in [2.75, 3.05) is 9.96 Å². The van der Waals surface area contributed by atoms with Gasteiger partial charge in [-0.2, -0.15) is 0 Å². The molecule has 2 aromatic carbocycles. The van der Waals surface area contributed by atoms with Crippen molar-refractivity contribution in [2.24, 2.45) is 0 Å². The maximum atomic E-state index is 12.7. The quantitative estimate of drug-likeness (QED) is 0.699. The summed E-state index contributed by atoms with van der Waals surface area (Å²) in [5, 5.41) is 11.2. The van der Waals surface area contributed by atoms with Gasteiger partial charge in [0, 0.05) is 0 Å². The van der Waals surface area contributed by atoms with Gasteiger partial charge < -0.3 is 0 Å². The van der Waals surface area contributed by atoms with Crippen LogP contribution in [0.25, 0.3) is 0 Å². The molecule has 0 radical (unpaired) electrons. The molecule has 1 fully saturated rings. The third kappa shape index (κ3) is 2.59. The molecular formula is C18H18N2O3. The average molecular weight is 310 g/mol. The number of carbonyl (C=O) groups is 2. The van der Waals surface area contributed by atoms with Gasteiger partial charge in [0.15, 0.2) is 0 Å². The second kappa shape index (κ2) is 5.85. The van der Waals surface area contributed by atoms with Crippen LogP contribution in [0.2, 0.25) is 0 Å². The van der Waals surface area contributed by atoms with Crippen molar-refractivity contribution in [3.8, 4) is 0 Å². The van der Waals surface area contributed by atoms with Crippen LogP contribution in [0.4, 0.5) is 11.4 Å². The van der Waals surface area contributed by atoms with E-state index in [1.165, 1.54) is 4.90 Å². The Morgan fingerprint density at radius 2 is 1.61 bits per heavy atom. The molecule has 5 heteroatoms. The zero-order valence-corrected chi connectivity index (χ0v) is 13.1. The SMILES string of the molecule is Cc1cccc(C)c1N1C(=O)C[C@@H](N(O)c2ccccc2)C1=O. The van der Waals surface area contributed by atoms with Gasteiger partial charge in [-0.25, -0.2) is 9.96 Å². The van der Waals surface area contributed by atoms with Gasteiger partial charge in [-0.15, -0.1) is 0 Å². The van der Waals surface area contributed by atoms with Crippen LogP contribution in [0.15, 0.2) is 48.5 Å². The molecule has 0 spiro atoms. The van der Waals surface area contributed by atoms with Gasteiger partial charge in [-0.1, -0.05) is 36.4 Å². The Bertz CT molecular complexity index is 738. The molecule has 2 amide bonds. The minimum atomic E-state index is -0.899. The van der Waals surface area contributed by atoms with Gasteiger partial charge in [0.25, 0.3) is 5.91 Å². The number of anilines is 2. The fraction of sp³-hybridized carbons (Fsp3) is 0.222. The Morgan fingerprint density at radius 3 is 2.22 bits per heavy atom. The molecule has 118 valence electrons. The number of aryl methyl sites for hydroxylation is 2. The maximum Gasteiger partial charge on any atom is 0.259 e. The number of benzene rings is 2. The van der Waals surface area contributed by atoms with Crippen LogP contribution < -0.4 is 9.96 Å². The number of hydroxylamine groups is 1. The highest BCUT2D eigenvalue weighted by Crippen LogP contribution is 2.32. The monoisotopic (exact) mass is 310 g/mol. The number of amides is 2. The molecule has 1 atom stereocenters. The highest BCUT2D eigenvalue weighted by atomic mass is 16.5. The van der Waals surface area contributed by atoms with Crippen LogP contribution in [-0.2, 0) is 9.59 Å². The Hall–Kier alpha value is -2.66. The van der Waals surface area contributed by atoms with Gasteiger partial charge in [0.1, 0.15) is 6.04 Å². The minimum absolute atomic E-state index is 0.0436. The normalized spacial score (nSPS) is 17.7. The van der Waals surface area contributed by atoms with Crippen molar-refractivity contribution in [1.82, 2.24) is 0 Å². The molecule has 0 saturated carbocycles. The summed E-state index contributed by atoms with van der Waals surface area (Å²) in [6, 6.07) is 13.5. The molecule has 1 aliphatic rings. The van der Waals surface area contributed by atoms with E-state index in [1.54, 1.807) is 24.3 Å². The Balaban J connectivity index is 1.95. The first-order chi connectivity index (χ1) is 11.0. The number of carbonyl (C=O) groups excluding carboxylic acids is 2. The van der Waals surface area contributed by atoms with Crippen LogP contribution >= 0.6 is 0 Å². The third-order valence-corrected chi connectivity index (χ3v) is 4.10. The summed E-state index contributed by atoms with van der Waals surface area (Å²) in [6.07, 6.45) is -0.0436. The molecule has 0 bridgehead atoms. The number of para-hydroxylation sites is 2. The van der Waals surface area contributed by atoms with Crippen molar-refractivity contribution in [2.45, 2.75) is 26.3 Å². The highest BCUT2D eigenvalue weighted by molar-refractivity contribution is 6.23. The zero-order chi connectivity index (χ0) is 16.6. The number of hydrogen-bond acceptors (Lipinski definition) is 4. The fourth-order valence-electron chi connectivity index (χ4n) is 2.96. The van der Waals surface area contributed by atoms with Crippen molar-refractivity contribution in [3.63, 3.8) is 0 Å². The topological polar surface area (TPSA) is 60.9 Å². The summed E-state index contributed by atoms with van der Waals surface area (Å²) >= 11 is 0. The minimum Gasteiger partial charge on any atom is -0.288 e. The zero-order valence-electron chi connectivity index (χ0n) is 13.1. The summed E-state index contributed by atoms with van der Waals surface area (Å²) in [6.45, 7) is 3.73. The van der Waals surface area contributed by atoms with E-state index in [4.69, 9.17) is 0 Å². The molecule has 1 saturated heterocycles. The van der Waals surface area contributed by atoms with Crippen LogP contribution in [0, 0.1) is 13.8 Å². The van der Waals surface area contributed by atoms with E-state index in [-0.39, 0.29) is 12.3 Å². The van der Waals surface area contributed by atoms with Crippen LogP contribution in [0.3, 0.4) is 0 Å². The molecule has 1 aliphatic heterocycles. The van der Waals surface area contributed by atoms with E-state index in [0.29, 0.717) is 11.4 Å². The fourth-order valence-corrected chi connectivity index (χ4v) is 2.96. The number of imide groups is 1. The van der Waals surface area contributed by atoms with Gasteiger partial charge in [0.2, 0.25) is 5.91 Å². The average Bonchev–Trinajstić information content (AvgIpc) is 2.83. The van der Waals surface area contributed by atoms with Gasteiger partial charge >= 0.3 is 0 Å². The second-order valence-electron chi connectivity index (χ2n) is 5.71. The first-order valence-corrected chi connectivity index (χ1v) is 7.47. The van der Waals surface area contributed by atoms with Crippen LogP contribution in [0.1, 0.15) is 17.5 Å². The molecule has 1 N–H and O–H groups in total. The lowest BCUT2D eigenvalue weighted by Gasteiger charge is -2.24. The Labute approximate surface area is 134 Å². The lowest BCUT2D eigenvalue weighted by Crippen LogP contribution is -2.41. The summed E-state index contributed by atoms with van der Waals surface area (Å²) < 4.78 is 0.